The lowest BCUT2D eigenvalue weighted by molar-refractivity contribution is -0.152. The molecule has 2 N–H and O–H groups in total. The minimum Gasteiger partial charge on any atom is -0.393 e. The van der Waals surface area contributed by atoms with Crippen LogP contribution in [0.3, 0.4) is 0 Å². The van der Waals surface area contributed by atoms with E-state index in [1.165, 1.54) is 107 Å². The first-order valence-electron chi connectivity index (χ1n) is 35.4. The van der Waals surface area contributed by atoms with E-state index in [0.717, 1.165) is 16.2 Å². The Balaban J connectivity index is 1.90. The molecule has 2 unspecified atom stereocenters. The predicted molar refractivity (Wildman–Crippen MR) is 377 cm³/mol. The molecule has 0 spiro atoms. The molecule has 24 nitrogen and oxygen atoms in total. The number of benzene rings is 2. The van der Waals surface area contributed by atoms with Crippen LogP contribution in [0.1, 0.15) is 151 Å². The molecule has 0 saturated carbocycles. The van der Waals surface area contributed by atoms with Gasteiger partial charge in [0, 0.05) is 107 Å². The summed E-state index contributed by atoms with van der Waals surface area (Å²) < 4.78 is 0. The SMILES string of the molecule is CC[C@H](C)C1C(=O)N(C)[C@@H](Cc2ccccc2)C(=O)C[C@H](C(=O)N2CCCCC2)CC(=O)N(C)CC(=O)CC(CC(C)C)C(=O)N(C)[C@@H](Cc2ccccc2)C(=O)N(C)[C@@H](CC(C)C)C(=O)N[C@@H](C)C(=O)N(C)[C@@H](C(C)C)C(=O)N(C)[C@@H](C)C(=O)C[C@@H]([C@@H](C)O)C(=O)N(C)CC(=O)N1C. The number of Topliss-reactive ketones (excluding diaryl/α,β-unsaturated/α-hetero) is 3. The average molecular weight is 1380 g/mol. The molecule has 2 heterocycles. The van der Waals surface area contributed by atoms with Gasteiger partial charge in [0.05, 0.1) is 43.1 Å². The second-order valence-electron chi connectivity index (χ2n) is 29.2. The monoisotopic (exact) mass is 1380 g/mol. The number of nitrogens with one attached hydrogen (secondary N) is 1. The maximum Gasteiger partial charge on any atom is 0.246 e. The van der Waals surface area contributed by atoms with Crippen LogP contribution in [0.25, 0.3) is 0 Å². The molecule has 10 amide bonds. The van der Waals surface area contributed by atoms with Gasteiger partial charge in [-0.05, 0) is 94.1 Å². The number of carbonyl (C=O) groups excluding carboxylic acids is 13. The molecule has 4 rings (SSSR count). The Morgan fingerprint density at radius 2 is 1.02 bits per heavy atom. The number of hydrogen-bond donors (Lipinski definition) is 2. The molecule has 2 aromatic carbocycles. The van der Waals surface area contributed by atoms with Crippen LogP contribution in [-0.2, 0) is 75.2 Å². The fraction of sp³-hybridized carbons (Fsp3) is 0.667. The highest BCUT2D eigenvalue weighted by atomic mass is 16.3. The normalized spacial score (nSPS) is 26.1. The Morgan fingerprint density at radius 3 is 1.54 bits per heavy atom. The van der Waals surface area contributed by atoms with E-state index in [9.17, 15) is 48.3 Å². The molecule has 2 aliphatic heterocycles. The number of piperidine rings is 1. The van der Waals surface area contributed by atoms with Gasteiger partial charge in [-0.15, -0.1) is 0 Å². The first-order chi connectivity index (χ1) is 46.4. The zero-order valence-electron chi connectivity index (χ0n) is 62.5. The van der Waals surface area contributed by atoms with Crippen LogP contribution < -0.4 is 5.32 Å². The third-order valence-electron chi connectivity index (χ3n) is 20.0. The van der Waals surface area contributed by atoms with E-state index < -0.39 is 187 Å². The van der Waals surface area contributed by atoms with Crippen molar-refractivity contribution >= 4 is 76.4 Å². The van der Waals surface area contributed by atoms with Gasteiger partial charge in [0.15, 0.2) is 17.3 Å². The summed E-state index contributed by atoms with van der Waals surface area (Å²) in [6.45, 7) is 18.5. The topological polar surface area (TPSA) is 283 Å². The Bertz CT molecular complexity index is 3120. The van der Waals surface area contributed by atoms with Crippen molar-refractivity contribution in [1.82, 2.24) is 49.4 Å². The standard InChI is InChI=1S/C75H116N10O14/c1-20-49(8)67-75(99)80(15)59(38-53-30-24-21-25-31-53)63(89)41-56(71(95)85-34-28-23-29-35-85)42-64(90)77(12)44-57(87)40-55(36-46(2)3)70(94)82(17)61(39-54-32-26-22-27-33-54)73(97)81(16)60(37-47(4)5)68(92)76-50(9)69(93)84(19)66(48(6)7)74(98)79(14)51(10)62(88)43-58(52(11)86)72(96)78(13)45-65(91)83(67)18/h21-22,24-27,30-33,46-52,55-56,58-61,66-67,86H,20,23,28-29,34-45H2,1-19H3,(H,76,92)/t49-,50-,51-,52+,55?,56-,58-,59-,60-,61-,66-,67?/m0/s1. The molecule has 2 aliphatic rings. The van der Waals surface area contributed by atoms with Crippen molar-refractivity contribution in [3.05, 3.63) is 71.8 Å². The first kappa shape index (κ1) is 83.5. The van der Waals surface area contributed by atoms with Crippen molar-refractivity contribution in [3.63, 3.8) is 0 Å². The molecule has 0 aliphatic carbocycles. The lowest BCUT2D eigenvalue weighted by atomic mass is 9.89. The van der Waals surface area contributed by atoms with Crippen molar-refractivity contribution in [1.29, 1.82) is 0 Å². The molecule has 550 valence electrons. The van der Waals surface area contributed by atoms with Crippen LogP contribution in [0.5, 0.6) is 0 Å². The van der Waals surface area contributed by atoms with E-state index >= 15 is 19.2 Å². The van der Waals surface area contributed by atoms with Crippen LogP contribution in [0.2, 0.25) is 0 Å². The summed E-state index contributed by atoms with van der Waals surface area (Å²) >= 11 is 0. The van der Waals surface area contributed by atoms with Gasteiger partial charge in [0.25, 0.3) is 0 Å². The lowest BCUT2D eigenvalue weighted by Gasteiger charge is -2.38. The van der Waals surface area contributed by atoms with Gasteiger partial charge in [-0.25, -0.2) is 0 Å². The highest BCUT2D eigenvalue weighted by Crippen LogP contribution is 2.28. The molecule has 99 heavy (non-hydrogen) atoms. The number of hydrogen-bond acceptors (Lipinski definition) is 14. The fourth-order valence-electron chi connectivity index (χ4n) is 13.5. The zero-order chi connectivity index (χ0) is 74.6. The van der Waals surface area contributed by atoms with Crippen LogP contribution in [-0.4, -0.2) is 257 Å². The number of likely N-dealkylation sites (N-methyl/N-ethyl adjacent to an activating group) is 8. The highest BCUT2D eigenvalue weighted by Gasteiger charge is 2.44. The van der Waals surface area contributed by atoms with Crippen molar-refractivity contribution in [2.75, 3.05) is 82.6 Å². The summed E-state index contributed by atoms with van der Waals surface area (Å²) in [7, 11) is 11.3. The summed E-state index contributed by atoms with van der Waals surface area (Å²) in [6, 6.07) is 9.48. The maximum atomic E-state index is 15.3. The van der Waals surface area contributed by atoms with E-state index in [0.29, 0.717) is 43.5 Å². The first-order valence-corrected chi connectivity index (χ1v) is 35.4. The summed E-state index contributed by atoms with van der Waals surface area (Å²) in [5, 5.41) is 13.9. The Kier molecular flexibility index (Phi) is 32.6. The van der Waals surface area contributed by atoms with E-state index in [-0.39, 0.29) is 43.9 Å². The minimum absolute atomic E-state index is 0.00747. The van der Waals surface area contributed by atoms with Crippen LogP contribution in [0.15, 0.2) is 60.7 Å². The van der Waals surface area contributed by atoms with Gasteiger partial charge in [0.1, 0.15) is 30.2 Å². The smallest absolute Gasteiger partial charge is 0.246 e. The highest BCUT2D eigenvalue weighted by molar-refractivity contribution is 6.00. The van der Waals surface area contributed by atoms with E-state index in [1.807, 2.05) is 40.7 Å². The van der Waals surface area contributed by atoms with Gasteiger partial charge in [0.2, 0.25) is 59.1 Å². The molecule has 2 fully saturated rings. The van der Waals surface area contributed by atoms with Gasteiger partial charge in [-0.2, -0.15) is 0 Å². The molecular formula is C75H116N10O14. The lowest BCUT2D eigenvalue weighted by Crippen LogP contribution is -2.60. The number of rotatable bonds is 13. The van der Waals surface area contributed by atoms with Crippen LogP contribution >= 0.6 is 0 Å². The van der Waals surface area contributed by atoms with Gasteiger partial charge >= 0.3 is 0 Å². The zero-order valence-corrected chi connectivity index (χ0v) is 62.5. The van der Waals surface area contributed by atoms with E-state index in [1.54, 1.807) is 80.3 Å². The minimum atomic E-state index is -1.43. The van der Waals surface area contributed by atoms with Gasteiger partial charge in [-0.1, -0.05) is 122 Å². The number of carbonyl (C=O) groups is 13. The van der Waals surface area contributed by atoms with Gasteiger partial charge in [-0.3, -0.25) is 62.3 Å². The Labute approximate surface area is 588 Å². The second-order valence-corrected chi connectivity index (χ2v) is 29.2. The average Bonchev–Trinajstić information content (AvgIpc) is 0.823. The van der Waals surface area contributed by atoms with Gasteiger partial charge < -0.3 is 54.5 Å². The molecule has 2 saturated heterocycles. The van der Waals surface area contributed by atoms with Crippen LogP contribution in [0, 0.1) is 41.4 Å². The third-order valence-corrected chi connectivity index (χ3v) is 20.0. The fourth-order valence-corrected chi connectivity index (χ4v) is 13.5. The largest absolute Gasteiger partial charge is 0.393 e. The molecule has 24 heteroatoms. The van der Waals surface area contributed by atoms with E-state index in [2.05, 4.69) is 5.32 Å². The van der Waals surface area contributed by atoms with Crippen molar-refractivity contribution in [2.24, 2.45) is 41.4 Å². The number of amides is 10. The van der Waals surface area contributed by atoms with Crippen molar-refractivity contribution in [2.45, 2.75) is 202 Å². The summed E-state index contributed by atoms with van der Waals surface area (Å²) in [6.07, 6.45) is -0.246. The quantitative estimate of drug-likeness (QED) is 0.261. The number of aliphatic hydroxyl groups is 1. The molecule has 0 bridgehead atoms. The third kappa shape index (κ3) is 23.1. The summed E-state index contributed by atoms with van der Waals surface area (Å²) in [5.41, 5.74) is 1.37. The van der Waals surface area contributed by atoms with E-state index in [4.69, 9.17) is 0 Å². The number of nitrogens with zero attached hydrogens (tertiary/aromatic N) is 9. The molecular weight excluding hydrogens is 1260 g/mol. The van der Waals surface area contributed by atoms with Crippen molar-refractivity contribution < 1.29 is 67.4 Å². The number of aliphatic hydroxyl groups excluding tert-OH is 1. The number of ketones is 3. The summed E-state index contributed by atoms with van der Waals surface area (Å²) in [4.78, 5) is 203. The molecule has 12 atom stereocenters. The molecule has 2 aromatic rings. The Hall–Kier alpha value is -7.89. The molecule has 0 aromatic heterocycles. The molecule has 0 radical (unpaired) electrons. The maximum absolute atomic E-state index is 15.3. The second kappa shape index (κ2) is 38.6. The number of likely N-dealkylation sites (tertiary alicyclic amines) is 1. The predicted octanol–water partition coefficient (Wildman–Crippen LogP) is 5.19. The Morgan fingerprint density at radius 1 is 0.505 bits per heavy atom. The van der Waals surface area contributed by atoms with Crippen LogP contribution in [0.4, 0.5) is 0 Å². The summed E-state index contributed by atoms with van der Waals surface area (Å²) in [5.74, 6) is -12.9. The van der Waals surface area contributed by atoms with Crippen molar-refractivity contribution in [3.8, 4) is 0 Å².